The largest absolute Gasteiger partial charge is 0.383 e. The van der Waals surface area contributed by atoms with Crippen molar-refractivity contribution in [3.8, 4) is 0 Å². The first-order valence-electron chi connectivity index (χ1n) is 8.58. The standard InChI is InChI=1S/C17H27N3O4/c1-13-5-3-4-6-15(13)24-11-9-18-17(22)14-7-8-16(21)20(19-14)10-12-23-2/h7-8,13,15H,3-6,9-12H2,1-2H3,(H,18,22)/t13-,15-/m0/s1. The third-order valence-electron chi connectivity index (χ3n) is 4.36. The van der Waals surface area contributed by atoms with E-state index >= 15 is 0 Å². The van der Waals surface area contributed by atoms with Crippen LogP contribution in [0.25, 0.3) is 0 Å². The van der Waals surface area contributed by atoms with Gasteiger partial charge in [-0.2, -0.15) is 5.10 Å². The Kier molecular flexibility index (Phi) is 7.39. The predicted octanol–water partition coefficient (Wildman–Crippen LogP) is 1.21. The highest BCUT2D eigenvalue weighted by Gasteiger charge is 2.21. The van der Waals surface area contributed by atoms with E-state index in [0.717, 1.165) is 6.42 Å². The summed E-state index contributed by atoms with van der Waals surface area (Å²) >= 11 is 0. The van der Waals surface area contributed by atoms with Crippen LogP contribution in [-0.2, 0) is 16.0 Å². The molecule has 0 unspecified atom stereocenters. The summed E-state index contributed by atoms with van der Waals surface area (Å²) < 4.78 is 12.0. The lowest BCUT2D eigenvalue weighted by Crippen LogP contribution is -2.33. The van der Waals surface area contributed by atoms with Gasteiger partial charge in [-0.1, -0.05) is 19.8 Å². The van der Waals surface area contributed by atoms with Gasteiger partial charge in [-0.3, -0.25) is 9.59 Å². The summed E-state index contributed by atoms with van der Waals surface area (Å²) in [6.07, 6.45) is 5.10. The first-order chi connectivity index (χ1) is 11.6. The number of nitrogens with zero attached hydrogens (tertiary/aromatic N) is 2. The Morgan fingerprint density at radius 3 is 2.88 bits per heavy atom. The molecule has 1 heterocycles. The second-order valence-corrected chi connectivity index (χ2v) is 6.20. The molecular formula is C17H27N3O4. The molecular weight excluding hydrogens is 310 g/mol. The van der Waals surface area contributed by atoms with Gasteiger partial charge in [-0.25, -0.2) is 4.68 Å². The van der Waals surface area contributed by atoms with Gasteiger partial charge >= 0.3 is 0 Å². The Morgan fingerprint density at radius 1 is 1.33 bits per heavy atom. The minimum absolute atomic E-state index is 0.219. The highest BCUT2D eigenvalue weighted by Crippen LogP contribution is 2.25. The normalized spacial score (nSPS) is 20.8. The summed E-state index contributed by atoms with van der Waals surface area (Å²) in [6.45, 7) is 3.82. The number of methoxy groups -OCH3 is 1. The molecule has 0 spiro atoms. The topological polar surface area (TPSA) is 82.5 Å². The molecule has 0 bridgehead atoms. The summed E-state index contributed by atoms with van der Waals surface area (Å²) in [5.74, 6) is 0.280. The summed E-state index contributed by atoms with van der Waals surface area (Å²) in [5, 5.41) is 6.84. The highest BCUT2D eigenvalue weighted by atomic mass is 16.5. The lowest BCUT2D eigenvalue weighted by atomic mass is 9.88. The first-order valence-corrected chi connectivity index (χ1v) is 8.58. The number of rotatable bonds is 8. The Hall–Kier alpha value is -1.73. The third-order valence-corrected chi connectivity index (χ3v) is 4.36. The maximum Gasteiger partial charge on any atom is 0.271 e. The van der Waals surface area contributed by atoms with Crippen LogP contribution in [0.4, 0.5) is 0 Å². The van der Waals surface area contributed by atoms with Gasteiger partial charge in [0, 0.05) is 19.7 Å². The number of carbonyl (C=O) groups excluding carboxylic acids is 1. The van der Waals surface area contributed by atoms with Crippen LogP contribution in [0.2, 0.25) is 0 Å². The Balaban J connectivity index is 1.78. The molecule has 1 amide bonds. The lowest BCUT2D eigenvalue weighted by Gasteiger charge is -2.28. The van der Waals surface area contributed by atoms with E-state index in [0.29, 0.717) is 38.3 Å². The average molecular weight is 337 g/mol. The number of hydrogen-bond acceptors (Lipinski definition) is 5. The van der Waals surface area contributed by atoms with Crippen molar-refractivity contribution in [2.45, 2.75) is 45.3 Å². The molecule has 1 aliphatic rings. The lowest BCUT2D eigenvalue weighted by molar-refractivity contribution is -0.00295. The van der Waals surface area contributed by atoms with Crippen molar-refractivity contribution < 1.29 is 14.3 Å². The molecule has 1 aromatic heterocycles. The van der Waals surface area contributed by atoms with Crippen LogP contribution in [0, 0.1) is 5.92 Å². The van der Waals surface area contributed by atoms with E-state index in [9.17, 15) is 9.59 Å². The Morgan fingerprint density at radius 2 is 2.12 bits per heavy atom. The zero-order chi connectivity index (χ0) is 17.4. The molecule has 2 rings (SSSR count). The smallest absolute Gasteiger partial charge is 0.271 e. The SMILES string of the molecule is COCCn1nc(C(=O)NCCO[C@H]2CCCC[C@@H]2C)ccc1=O. The van der Waals surface area contributed by atoms with Crippen LogP contribution < -0.4 is 10.9 Å². The van der Waals surface area contributed by atoms with Gasteiger partial charge in [0.15, 0.2) is 0 Å². The van der Waals surface area contributed by atoms with Crippen LogP contribution in [0.15, 0.2) is 16.9 Å². The van der Waals surface area contributed by atoms with Crippen LogP contribution in [0.3, 0.4) is 0 Å². The van der Waals surface area contributed by atoms with Crippen LogP contribution in [0.5, 0.6) is 0 Å². The fourth-order valence-electron chi connectivity index (χ4n) is 2.90. The van der Waals surface area contributed by atoms with Gasteiger partial charge in [-0.15, -0.1) is 0 Å². The molecule has 1 fully saturated rings. The number of carbonyl (C=O) groups is 1. The summed E-state index contributed by atoms with van der Waals surface area (Å²) in [6, 6.07) is 2.78. The number of aromatic nitrogens is 2. The summed E-state index contributed by atoms with van der Waals surface area (Å²) in [5.41, 5.74) is -0.0324. The molecule has 1 aromatic rings. The van der Waals surface area contributed by atoms with Crippen molar-refractivity contribution in [1.82, 2.24) is 15.1 Å². The molecule has 1 saturated carbocycles. The van der Waals surface area contributed by atoms with Gasteiger partial charge < -0.3 is 14.8 Å². The molecule has 0 saturated heterocycles. The molecule has 2 atom stereocenters. The van der Waals surface area contributed by atoms with E-state index in [1.807, 2.05) is 0 Å². The van der Waals surface area contributed by atoms with E-state index in [-0.39, 0.29) is 17.2 Å². The van der Waals surface area contributed by atoms with Crippen LogP contribution in [-0.4, -0.2) is 48.7 Å². The number of hydrogen-bond donors (Lipinski definition) is 1. The van der Waals surface area contributed by atoms with Crippen LogP contribution >= 0.6 is 0 Å². The zero-order valence-electron chi connectivity index (χ0n) is 14.5. The molecule has 24 heavy (non-hydrogen) atoms. The van der Waals surface area contributed by atoms with Crippen molar-refractivity contribution in [1.29, 1.82) is 0 Å². The maximum atomic E-state index is 12.1. The van der Waals surface area contributed by atoms with E-state index in [1.165, 1.54) is 36.1 Å². The van der Waals surface area contributed by atoms with Crippen molar-refractivity contribution in [2.24, 2.45) is 5.92 Å². The molecule has 1 N–H and O–H groups in total. The van der Waals surface area contributed by atoms with Crippen molar-refractivity contribution in [3.05, 3.63) is 28.2 Å². The second-order valence-electron chi connectivity index (χ2n) is 6.20. The highest BCUT2D eigenvalue weighted by molar-refractivity contribution is 5.91. The van der Waals surface area contributed by atoms with Crippen molar-refractivity contribution >= 4 is 5.91 Å². The molecule has 1 aliphatic carbocycles. The quantitative estimate of drug-likeness (QED) is 0.721. The molecule has 0 radical (unpaired) electrons. The minimum Gasteiger partial charge on any atom is -0.383 e. The number of nitrogens with one attached hydrogen (secondary N) is 1. The Bertz CT molecular complexity index is 587. The van der Waals surface area contributed by atoms with Gasteiger partial charge in [0.25, 0.3) is 11.5 Å². The molecule has 7 heteroatoms. The summed E-state index contributed by atoms with van der Waals surface area (Å²) in [4.78, 5) is 23.8. The van der Waals surface area contributed by atoms with E-state index in [4.69, 9.17) is 9.47 Å². The molecule has 0 aromatic carbocycles. The van der Waals surface area contributed by atoms with E-state index < -0.39 is 0 Å². The van der Waals surface area contributed by atoms with E-state index in [2.05, 4.69) is 17.3 Å². The van der Waals surface area contributed by atoms with E-state index in [1.54, 1.807) is 7.11 Å². The maximum absolute atomic E-state index is 12.1. The monoisotopic (exact) mass is 337 g/mol. The predicted molar refractivity (Wildman–Crippen MR) is 90.1 cm³/mol. The summed E-state index contributed by atoms with van der Waals surface area (Å²) in [7, 11) is 1.55. The Labute approximate surface area is 142 Å². The fraction of sp³-hybridized carbons (Fsp3) is 0.706. The zero-order valence-corrected chi connectivity index (χ0v) is 14.5. The third kappa shape index (κ3) is 5.42. The van der Waals surface area contributed by atoms with Gasteiger partial charge in [0.05, 0.1) is 25.9 Å². The minimum atomic E-state index is -0.304. The first kappa shape index (κ1) is 18.6. The van der Waals surface area contributed by atoms with Gasteiger partial charge in [-0.05, 0) is 24.8 Å². The van der Waals surface area contributed by atoms with Gasteiger partial charge in [0.1, 0.15) is 5.69 Å². The molecule has 7 nitrogen and oxygen atoms in total. The van der Waals surface area contributed by atoms with Crippen molar-refractivity contribution in [2.75, 3.05) is 26.9 Å². The molecule has 0 aliphatic heterocycles. The number of amides is 1. The number of ether oxygens (including phenoxy) is 2. The fourth-order valence-corrected chi connectivity index (χ4v) is 2.90. The van der Waals surface area contributed by atoms with Gasteiger partial charge in [0.2, 0.25) is 0 Å². The average Bonchev–Trinajstić information content (AvgIpc) is 2.59. The van der Waals surface area contributed by atoms with Crippen molar-refractivity contribution in [3.63, 3.8) is 0 Å². The second kappa shape index (κ2) is 9.54. The molecule has 134 valence electrons. The van der Waals surface area contributed by atoms with Crippen LogP contribution in [0.1, 0.15) is 43.1 Å².